The highest BCUT2D eigenvalue weighted by atomic mass is 19.1. The Balaban J connectivity index is 2.34. The van der Waals surface area contributed by atoms with E-state index in [0.717, 1.165) is 6.07 Å². The number of halogens is 1. The van der Waals surface area contributed by atoms with Crippen molar-refractivity contribution in [1.82, 2.24) is 10.3 Å². The van der Waals surface area contributed by atoms with Crippen LogP contribution in [0.15, 0.2) is 23.1 Å². The number of nitrogens with one attached hydrogen (secondary N) is 2. The summed E-state index contributed by atoms with van der Waals surface area (Å²) in [4.78, 5) is 27.4. The average molecular weight is 306 g/mol. The molecule has 0 aliphatic rings. The Hall–Kier alpha value is -2.21. The molecule has 0 saturated heterocycles. The topological polar surface area (TPSA) is 82.2 Å². The summed E-state index contributed by atoms with van der Waals surface area (Å²) in [5, 5.41) is 11.6. The number of fused-ring (bicyclic) bond motifs is 1. The number of aromatic amines is 1. The Kier molecular flexibility index (Phi) is 4.92. The molecule has 0 saturated carbocycles. The van der Waals surface area contributed by atoms with Crippen molar-refractivity contribution >= 4 is 16.8 Å². The highest BCUT2D eigenvalue weighted by Crippen LogP contribution is 2.15. The third-order valence-electron chi connectivity index (χ3n) is 3.57. The zero-order valence-electron chi connectivity index (χ0n) is 12.6. The maximum Gasteiger partial charge on any atom is 0.256 e. The Morgan fingerprint density at radius 2 is 2.18 bits per heavy atom. The molecular formula is C16H19FN2O3. The molecule has 0 aliphatic carbocycles. The standard InChI is InChI=1S/C16H19FN2O3/c1-9-6-11(17)7-12-14(9)18-8-13(15(12)21)16(22)19-10(2)4-3-5-20/h6-8,10,20H,3-5H2,1-2H3,(H,18,21)(H,19,22). The van der Waals surface area contributed by atoms with Gasteiger partial charge in [0.05, 0.1) is 5.52 Å². The fraction of sp³-hybridized carbons (Fsp3) is 0.375. The lowest BCUT2D eigenvalue weighted by Crippen LogP contribution is -2.35. The van der Waals surface area contributed by atoms with E-state index in [2.05, 4.69) is 10.3 Å². The van der Waals surface area contributed by atoms with Crippen molar-refractivity contribution in [3.8, 4) is 0 Å². The Labute approximate surface area is 127 Å². The van der Waals surface area contributed by atoms with Gasteiger partial charge in [-0.1, -0.05) is 0 Å². The monoisotopic (exact) mass is 306 g/mol. The molecule has 2 rings (SSSR count). The number of hydrogen-bond donors (Lipinski definition) is 3. The number of aliphatic hydroxyl groups excluding tert-OH is 1. The predicted octanol–water partition coefficient (Wildman–Crippen LogP) is 1.87. The van der Waals surface area contributed by atoms with Crippen LogP contribution in [0.3, 0.4) is 0 Å². The molecule has 0 aliphatic heterocycles. The minimum absolute atomic E-state index is 0.0478. The first kappa shape index (κ1) is 16.2. The fourth-order valence-electron chi connectivity index (χ4n) is 2.41. The molecule has 1 unspecified atom stereocenters. The number of carbonyl (C=O) groups excluding carboxylic acids is 1. The predicted molar refractivity (Wildman–Crippen MR) is 82.5 cm³/mol. The van der Waals surface area contributed by atoms with Gasteiger partial charge in [0.15, 0.2) is 0 Å². The number of aryl methyl sites for hydroxylation is 1. The third kappa shape index (κ3) is 3.33. The van der Waals surface area contributed by atoms with Gasteiger partial charge in [-0.3, -0.25) is 9.59 Å². The summed E-state index contributed by atoms with van der Waals surface area (Å²) in [6, 6.07) is 2.30. The van der Waals surface area contributed by atoms with Crippen LogP contribution >= 0.6 is 0 Å². The van der Waals surface area contributed by atoms with E-state index in [-0.39, 0.29) is 23.6 Å². The number of aliphatic hydroxyl groups is 1. The first-order valence-electron chi connectivity index (χ1n) is 7.17. The average Bonchev–Trinajstić information content (AvgIpc) is 2.46. The van der Waals surface area contributed by atoms with Crippen molar-refractivity contribution in [2.45, 2.75) is 32.7 Å². The van der Waals surface area contributed by atoms with Gasteiger partial charge < -0.3 is 15.4 Å². The van der Waals surface area contributed by atoms with E-state index in [1.807, 2.05) is 0 Å². The Morgan fingerprint density at radius 1 is 1.45 bits per heavy atom. The molecule has 0 spiro atoms. The van der Waals surface area contributed by atoms with Gasteiger partial charge in [-0.25, -0.2) is 4.39 Å². The van der Waals surface area contributed by atoms with Crippen molar-refractivity contribution in [3.63, 3.8) is 0 Å². The zero-order chi connectivity index (χ0) is 16.3. The number of rotatable bonds is 5. The fourth-order valence-corrected chi connectivity index (χ4v) is 2.41. The lowest BCUT2D eigenvalue weighted by molar-refractivity contribution is 0.0935. The van der Waals surface area contributed by atoms with E-state index in [9.17, 15) is 14.0 Å². The number of carbonyl (C=O) groups is 1. The van der Waals surface area contributed by atoms with Crippen LogP contribution in [0.4, 0.5) is 4.39 Å². The second-order valence-corrected chi connectivity index (χ2v) is 5.42. The molecule has 5 nitrogen and oxygen atoms in total. The maximum absolute atomic E-state index is 13.5. The molecule has 118 valence electrons. The molecule has 0 radical (unpaired) electrons. The van der Waals surface area contributed by atoms with Crippen molar-refractivity contribution in [2.75, 3.05) is 6.61 Å². The summed E-state index contributed by atoms with van der Waals surface area (Å²) in [5.74, 6) is -1.01. The second kappa shape index (κ2) is 6.70. The lowest BCUT2D eigenvalue weighted by Gasteiger charge is -2.13. The summed E-state index contributed by atoms with van der Waals surface area (Å²) >= 11 is 0. The van der Waals surface area contributed by atoms with Gasteiger partial charge in [-0.15, -0.1) is 0 Å². The van der Waals surface area contributed by atoms with Crippen LogP contribution in [0.2, 0.25) is 0 Å². The van der Waals surface area contributed by atoms with Crippen molar-refractivity contribution in [3.05, 3.63) is 45.5 Å². The zero-order valence-corrected chi connectivity index (χ0v) is 12.6. The van der Waals surface area contributed by atoms with Gasteiger partial charge in [0, 0.05) is 24.2 Å². The normalized spacial score (nSPS) is 12.4. The number of pyridine rings is 1. The van der Waals surface area contributed by atoms with E-state index >= 15 is 0 Å². The van der Waals surface area contributed by atoms with E-state index in [0.29, 0.717) is 23.9 Å². The van der Waals surface area contributed by atoms with E-state index < -0.39 is 17.2 Å². The van der Waals surface area contributed by atoms with Crippen molar-refractivity contribution in [2.24, 2.45) is 0 Å². The lowest BCUT2D eigenvalue weighted by atomic mass is 10.1. The van der Waals surface area contributed by atoms with Crippen molar-refractivity contribution in [1.29, 1.82) is 0 Å². The molecule has 22 heavy (non-hydrogen) atoms. The quantitative estimate of drug-likeness (QED) is 0.788. The van der Waals surface area contributed by atoms with Crippen molar-refractivity contribution < 1.29 is 14.3 Å². The Bertz CT molecular complexity index is 755. The van der Waals surface area contributed by atoms with Crippen LogP contribution < -0.4 is 10.7 Å². The van der Waals surface area contributed by atoms with Gasteiger partial charge >= 0.3 is 0 Å². The largest absolute Gasteiger partial charge is 0.396 e. The van der Waals surface area contributed by atoms with Gasteiger partial charge in [0.2, 0.25) is 5.43 Å². The first-order chi connectivity index (χ1) is 10.4. The van der Waals surface area contributed by atoms with Crippen LogP contribution in [0, 0.1) is 12.7 Å². The molecule has 1 heterocycles. The van der Waals surface area contributed by atoms with Crippen LogP contribution in [-0.4, -0.2) is 28.6 Å². The number of benzene rings is 1. The molecule has 1 atom stereocenters. The van der Waals surface area contributed by atoms with Crippen LogP contribution in [-0.2, 0) is 0 Å². The molecule has 1 amide bonds. The number of H-pyrrole nitrogens is 1. The van der Waals surface area contributed by atoms with Gasteiger partial charge in [0.25, 0.3) is 5.91 Å². The van der Waals surface area contributed by atoms with E-state index in [1.54, 1.807) is 13.8 Å². The molecule has 0 bridgehead atoms. The highest BCUT2D eigenvalue weighted by Gasteiger charge is 2.16. The van der Waals surface area contributed by atoms with Gasteiger partial charge in [-0.05, 0) is 44.4 Å². The third-order valence-corrected chi connectivity index (χ3v) is 3.57. The molecule has 2 aromatic rings. The summed E-state index contributed by atoms with van der Waals surface area (Å²) in [5.41, 5.74) is 0.586. The molecule has 3 N–H and O–H groups in total. The molecule has 6 heteroatoms. The maximum atomic E-state index is 13.5. The van der Waals surface area contributed by atoms with Crippen LogP contribution in [0.5, 0.6) is 0 Å². The molecule has 1 aromatic carbocycles. The van der Waals surface area contributed by atoms with E-state index in [1.165, 1.54) is 12.3 Å². The highest BCUT2D eigenvalue weighted by molar-refractivity contribution is 5.97. The minimum Gasteiger partial charge on any atom is -0.396 e. The smallest absolute Gasteiger partial charge is 0.256 e. The van der Waals surface area contributed by atoms with Crippen LogP contribution in [0.1, 0.15) is 35.7 Å². The number of hydrogen-bond acceptors (Lipinski definition) is 3. The number of aromatic nitrogens is 1. The first-order valence-corrected chi connectivity index (χ1v) is 7.17. The van der Waals surface area contributed by atoms with Crippen LogP contribution in [0.25, 0.3) is 10.9 Å². The summed E-state index contributed by atoms with van der Waals surface area (Å²) in [7, 11) is 0. The molecule has 1 aromatic heterocycles. The molecular weight excluding hydrogens is 287 g/mol. The summed E-state index contributed by atoms with van der Waals surface area (Å²) in [6.45, 7) is 3.54. The minimum atomic E-state index is -0.510. The van der Waals surface area contributed by atoms with Gasteiger partial charge in [0.1, 0.15) is 11.4 Å². The Morgan fingerprint density at radius 3 is 2.86 bits per heavy atom. The van der Waals surface area contributed by atoms with Gasteiger partial charge in [-0.2, -0.15) is 0 Å². The van der Waals surface area contributed by atoms with E-state index in [4.69, 9.17) is 5.11 Å². The summed E-state index contributed by atoms with van der Waals surface area (Å²) in [6.07, 6.45) is 2.53. The SMILES string of the molecule is Cc1cc(F)cc2c(=O)c(C(=O)NC(C)CCCO)c[nH]c12. The molecule has 0 fully saturated rings. The number of amides is 1. The summed E-state index contributed by atoms with van der Waals surface area (Å²) < 4.78 is 13.5. The second-order valence-electron chi connectivity index (χ2n) is 5.42.